The van der Waals surface area contributed by atoms with Crippen LogP contribution < -0.4 is 10.6 Å². The predicted octanol–water partition coefficient (Wildman–Crippen LogP) is 1.56. The Bertz CT molecular complexity index is 420. The van der Waals surface area contributed by atoms with Gasteiger partial charge in [0.15, 0.2) is 0 Å². The highest BCUT2D eigenvalue weighted by Crippen LogP contribution is 2.38. The maximum Gasteiger partial charge on any atom is 0.216 e. The fourth-order valence-corrected chi connectivity index (χ4v) is 1.67. The second-order valence-electron chi connectivity index (χ2n) is 4.12. The van der Waals surface area contributed by atoms with Gasteiger partial charge in [0.2, 0.25) is 5.91 Å². The van der Waals surface area contributed by atoms with Gasteiger partial charge in [-0.2, -0.15) is 0 Å². The fourth-order valence-electron chi connectivity index (χ4n) is 1.48. The van der Waals surface area contributed by atoms with Crippen molar-refractivity contribution in [2.45, 2.75) is 25.7 Å². The first-order valence-corrected chi connectivity index (χ1v) is 6.06. The first kappa shape index (κ1) is 12.1. The zero-order chi connectivity index (χ0) is 12.3. The Labute approximate surface area is 105 Å². The van der Waals surface area contributed by atoms with E-state index < -0.39 is 0 Å². The van der Waals surface area contributed by atoms with E-state index in [-0.39, 0.29) is 5.91 Å². The quantitative estimate of drug-likeness (QED) is 0.618. The van der Waals surface area contributed by atoms with Gasteiger partial charge in [-0.1, -0.05) is 11.6 Å². The van der Waals surface area contributed by atoms with Crippen molar-refractivity contribution in [3.8, 4) is 0 Å². The Morgan fingerprint density at radius 3 is 2.88 bits per heavy atom. The molecule has 0 aromatic carbocycles. The van der Waals surface area contributed by atoms with Crippen LogP contribution in [0.4, 0.5) is 5.82 Å². The zero-order valence-corrected chi connectivity index (χ0v) is 10.4. The van der Waals surface area contributed by atoms with Crippen molar-refractivity contribution < 1.29 is 4.79 Å². The van der Waals surface area contributed by atoms with Crippen LogP contribution in [-0.2, 0) is 4.79 Å². The topological polar surface area (TPSA) is 66.9 Å². The van der Waals surface area contributed by atoms with E-state index in [1.165, 1.54) is 6.92 Å². The molecule has 1 aromatic heterocycles. The molecule has 92 valence electrons. The van der Waals surface area contributed by atoms with Crippen molar-refractivity contribution >= 4 is 23.3 Å². The standard InChI is InChI=1S/C11H15ClN4O/c1-7(17)13-4-5-14-10-6-9(12)15-11(16-10)8-2-3-8/h6,8H,2-5H2,1H3,(H,13,17)(H,14,15,16). The molecule has 0 bridgehead atoms. The van der Waals surface area contributed by atoms with E-state index in [1.807, 2.05) is 0 Å². The molecule has 0 saturated heterocycles. The fraction of sp³-hybridized carbons (Fsp3) is 0.545. The van der Waals surface area contributed by atoms with Crippen LogP contribution >= 0.6 is 11.6 Å². The summed E-state index contributed by atoms with van der Waals surface area (Å²) >= 11 is 5.92. The monoisotopic (exact) mass is 254 g/mol. The van der Waals surface area contributed by atoms with E-state index in [9.17, 15) is 4.79 Å². The van der Waals surface area contributed by atoms with Gasteiger partial charge in [-0.15, -0.1) is 0 Å². The van der Waals surface area contributed by atoms with Crippen LogP contribution in [0.2, 0.25) is 5.15 Å². The molecule has 1 aromatic rings. The Hall–Kier alpha value is -1.36. The first-order valence-electron chi connectivity index (χ1n) is 5.68. The van der Waals surface area contributed by atoms with E-state index in [2.05, 4.69) is 20.6 Å². The highest BCUT2D eigenvalue weighted by atomic mass is 35.5. The van der Waals surface area contributed by atoms with Crippen molar-refractivity contribution in [3.05, 3.63) is 17.0 Å². The lowest BCUT2D eigenvalue weighted by Crippen LogP contribution is -2.26. The molecule has 1 aliphatic carbocycles. The number of aromatic nitrogens is 2. The molecule has 0 radical (unpaired) electrons. The van der Waals surface area contributed by atoms with Gasteiger partial charge in [-0.3, -0.25) is 4.79 Å². The van der Waals surface area contributed by atoms with Crippen LogP contribution in [0, 0.1) is 0 Å². The average Bonchev–Trinajstić information content (AvgIpc) is 3.07. The molecule has 2 rings (SSSR count). The third kappa shape index (κ3) is 3.85. The van der Waals surface area contributed by atoms with Crippen molar-refractivity contribution in [1.82, 2.24) is 15.3 Å². The maximum atomic E-state index is 10.7. The molecule has 1 fully saturated rings. The molecule has 0 spiro atoms. The molecule has 0 unspecified atom stereocenters. The predicted molar refractivity (Wildman–Crippen MR) is 66.2 cm³/mol. The minimum Gasteiger partial charge on any atom is -0.368 e. The lowest BCUT2D eigenvalue weighted by Gasteiger charge is -2.07. The summed E-state index contributed by atoms with van der Waals surface area (Å²) in [6.07, 6.45) is 2.29. The lowest BCUT2D eigenvalue weighted by molar-refractivity contribution is -0.118. The van der Waals surface area contributed by atoms with Crippen LogP contribution in [0.25, 0.3) is 0 Å². The number of hydrogen-bond acceptors (Lipinski definition) is 4. The van der Waals surface area contributed by atoms with Gasteiger partial charge >= 0.3 is 0 Å². The summed E-state index contributed by atoms with van der Waals surface area (Å²) in [7, 11) is 0. The average molecular weight is 255 g/mol. The zero-order valence-electron chi connectivity index (χ0n) is 9.66. The smallest absolute Gasteiger partial charge is 0.216 e. The van der Waals surface area contributed by atoms with Gasteiger partial charge < -0.3 is 10.6 Å². The molecule has 0 aliphatic heterocycles. The molecule has 6 heteroatoms. The summed E-state index contributed by atoms with van der Waals surface area (Å²) < 4.78 is 0. The van der Waals surface area contributed by atoms with E-state index in [4.69, 9.17) is 11.6 Å². The third-order valence-corrected chi connectivity index (χ3v) is 2.65. The number of anilines is 1. The molecule has 5 nitrogen and oxygen atoms in total. The number of amides is 1. The van der Waals surface area contributed by atoms with Crippen molar-refractivity contribution in [3.63, 3.8) is 0 Å². The number of nitrogens with one attached hydrogen (secondary N) is 2. The number of halogens is 1. The summed E-state index contributed by atoms with van der Waals surface area (Å²) in [5, 5.41) is 6.28. The molecule has 1 aliphatic rings. The number of nitrogens with zero attached hydrogens (tertiary/aromatic N) is 2. The molecule has 1 amide bonds. The molecule has 1 saturated carbocycles. The number of hydrogen-bond donors (Lipinski definition) is 2. The molecule has 1 heterocycles. The molecular formula is C11H15ClN4O. The Kier molecular flexibility index (Phi) is 3.78. The molecule has 2 N–H and O–H groups in total. The second-order valence-corrected chi connectivity index (χ2v) is 4.51. The third-order valence-electron chi connectivity index (χ3n) is 2.46. The summed E-state index contributed by atoms with van der Waals surface area (Å²) in [5.74, 6) is 1.98. The Morgan fingerprint density at radius 1 is 1.47 bits per heavy atom. The minimum atomic E-state index is -0.0359. The maximum absolute atomic E-state index is 10.7. The number of carbonyl (C=O) groups is 1. The van der Waals surface area contributed by atoms with Gasteiger partial charge in [0.25, 0.3) is 0 Å². The number of carbonyl (C=O) groups excluding carboxylic acids is 1. The van der Waals surface area contributed by atoms with Crippen LogP contribution in [0.3, 0.4) is 0 Å². The highest BCUT2D eigenvalue weighted by molar-refractivity contribution is 6.29. The highest BCUT2D eigenvalue weighted by Gasteiger charge is 2.27. The normalized spacial score (nSPS) is 14.5. The Morgan fingerprint density at radius 2 is 2.24 bits per heavy atom. The van der Waals surface area contributed by atoms with Crippen LogP contribution in [0.15, 0.2) is 6.07 Å². The summed E-state index contributed by atoms with van der Waals surface area (Å²) in [6, 6.07) is 1.70. The van der Waals surface area contributed by atoms with E-state index >= 15 is 0 Å². The van der Waals surface area contributed by atoms with Crippen LogP contribution in [0.1, 0.15) is 31.5 Å². The molecule has 0 atom stereocenters. The summed E-state index contributed by atoms with van der Waals surface area (Å²) in [6.45, 7) is 2.68. The molecule has 17 heavy (non-hydrogen) atoms. The van der Waals surface area contributed by atoms with Crippen LogP contribution in [-0.4, -0.2) is 29.0 Å². The summed E-state index contributed by atoms with van der Waals surface area (Å²) in [4.78, 5) is 19.3. The van der Waals surface area contributed by atoms with Gasteiger partial charge in [-0.25, -0.2) is 9.97 Å². The lowest BCUT2D eigenvalue weighted by atomic mass is 10.4. The SMILES string of the molecule is CC(=O)NCCNc1cc(Cl)nc(C2CC2)n1. The first-order chi connectivity index (χ1) is 8.15. The number of rotatable bonds is 5. The van der Waals surface area contributed by atoms with Crippen molar-refractivity contribution in [2.24, 2.45) is 0 Å². The van der Waals surface area contributed by atoms with E-state index in [1.54, 1.807) is 6.07 Å². The van der Waals surface area contributed by atoms with Gasteiger partial charge in [0.05, 0.1) is 0 Å². The molecular weight excluding hydrogens is 240 g/mol. The van der Waals surface area contributed by atoms with Crippen molar-refractivity contribution in [2.75, 3.05) is 18.4 Å². The largest absolute Gasteiger partial charge is 0.368 e. The van der Waals surface area contributed by atoms with E-state index in [0.717, 1.165) is 24.5 Å². The van der Waals surface area contributed by atoms with Crippen LogP contribution in [0.5, 0.6) is 0 Å². The van der Waals surface area contributed by atoms with Gasteiger partial charge in [0.1, 0.15) is 16.8 Å². The van der Waals surface area contributed by atoms with Gasteiger partial charge in [-0.05, 0) is 12.8 Å². The summed E-state index contributed by atoms with van der Waals surface area (Å²) in [5.41, 5.74) is 0. The minimum absolute atomic E-state index is 0.0359. The van der Waals surface area contributed by atoms with Crippen molar-refractivity contribution in [1.29, 1.82) is 0 Å². The Balaban J connectivity index is 1.89. The second kappa shape index (κ2) is 5.31. The van der Waals surface area contributed by atoms with Gasteiger partial charge in [0, 0.05) is 32.0 Å². The van der Waals surface area contributed by atoms with E-state index in [0.29, 0.717) is 24.2 Å².